The van der Waals surface area contributed by atoms with Gasteiger partial charge in [0.05, 0.1) is 22.8 Å². The van der Waals surface area contributed by atoms with Crippen molar-refractivity contribution >= 4 is 33.5 Å². The minimum absolute atomic E-state index is 0.0815. The Kier molecular flexibility index (Phi) is 5.92. The van der Waals surface area contributed by atoms with Crippen molar-refractivity contribution in [2.24, 2.45) is 0 Å². The molecular weight excluding hydrogens is 381 g/mol. The van der Waals surface area contributed by atoms with Crippen LogP contribution in [-0.4, -0.2) is 25.1 Å². The molecule has 0 aliphatic carbocycles. The van der Waals surface area contributed by atoms with Crippen LogP contribution in [0.4, 0.5) is 10.1 Å². The van der Waals surface area contributed by atoms with Crippen LogP contribution in [0.15, 0.2) is 46.9 Å². The summed E-state index contributed by atoms with van der Waals surface area (Å²) in [4.78, 5) is 23.6. The van der Waals surface area contributed by atoms with Crippen LogP contribution in [-0.2, 0) is 9.53 Å². The van der Waals surface area contributed by atoms with Gasteiger partial charge in [0.25, 0.3) is 5.91 Å². The number of hydrogen-bond acceptors (Lipinski definition) is 4. The molecule has 2 aromatic carbocycles. The minimum atomic E-state index is -0.870. The molecule has 0 fully saturated rings. The number of rotatable bonds is 5. The number of methoxy groups -OCH3 is 1. The number of anilines is 1. The van der Waals surface area contributed by atoms with E-state index in [0.717, 1.165) is 0 Å². The quantitative estimate of drug-likeness (QED) is 0.782. The molecule has 0 aliphatic rings. The van der Waals surface area contributed by atoms with Gasteiger partial charge in [-0.25, -0.2) is 9.18 Å². The van der Waals surface area contributed by atoms with E-state index in [1.165, 1.54) is 44.4 Å². The predicted octanol–water partition coefficient (Wildman–Crippen LogP) is 3.78. The fourth-order valence-corrected chi connectivity index (χ4v) is 2.35. The average Bonchev–Trinajstić information content (AvgIpc) is 2.57. The van der Waals surface area contributed by atoms with Gasteiger partial charge in [0.2, 0.25) is 0 Å². The lowest BCUT2D eigenvalue weighted by molar-refractivity contribution is -0.122. The largest absolute Gasteiger partial charge is 0.480 e. The summed E-state index contributed by atoms with van der Waals surface area (Å²) in [5.41, 5.74) is 0.429. The molecule has 0 radical (unpaired) electrons. The first-order chi connectivity index (χ1) is 11.4. The fraction of sp³-hybridized carbons (Fsp3) is 0.176. The number of benzene rings is 2. The van der Waals surface area contributed by atoms with Crippen molar-refractivity contribution in [3.63, 3.8) is 0 Å². The molecule has 2 aromatic rings. The van der Waals surface area contributed by atoms with Gasteiger partial charge < -0.3 is 14.8 Å². The number of nitrogens with one attached hydrogen (secondary N) is 1. The van der Waals surface area contributed by atoms with E-state index in [0.29, 0.717) is 15.8 Å². The summed E-state index contributed by atoms with van der Waals surface area (Å²) in [7, 11) is 1.29. The topological polar surface area (TPSA) is 64.6 Å². The summed E-state index contributed by atoms with van der Waals surface area (Å²) >= 11 is 3.28. The lowest BCUT2D eigenvalue weighted by Crippen LogP contribution is -2.30. The highest BCUT2D eigenvalue weighted by molar-refractivity contribution is 9.10. The molecule has 0 bridgehead atoms. The SMILES string of the molecule is COC(=O)c1ccc(OC(C)C(=O)Nc2ccccc2F)c(Br)c1. The highest BCUT2D eigenvalue weighted by Gasteiger charge is 2.18. The number of amides is 1. The highest BCUT2D eigenvalue weighted by atomic mass is 79.9. The molecule has 0 aromatic heterocycles. The maximum Gasteiger partial charge on any atom is 0.337 e. The zero-order chi connectivity index (χ0) is 17.7. The molecular formula is C17H15BrFNO4. The van der Waals surface area contributed by atoms with E-state index in [1.54, 1.807) is 12.1 Å². The molecule has 0 spiro atoms. The molecule has 2 rings (SSSR count). The van der Waals surface area contributed by atoms with Crippen molar-refractivity contribution in [3.05, 3.63) is 58.3 Å². The van der Waals surface area contributed by atoms with Crippen LogP contribution in [0.5, 0.6) is 5.75 Å². The molecule has 1 atom stereocenters. The van der Waals surface area contributed by atoms with Crippen molar-refractivity contribution < 1.29 is 23.5 Å². The van der Waals surface area contributed by atoms with Gasteiger partial charge in [-0.15, -0.1) is 0 Å². The van der Waals surface area contributed by atoms with Crippen LogP contribution in [0.2, 0.25) is 0 Å². The summed E-state index contributed by atoms with van der Waals surface area (Å²) in [5.74, 6) is -1.13. The Morgan fingerprint density at radius 3 is 2.54 bits per heavy atom. The van der Waals surface area contributed by atoms with Crippen LogP contribution in [0, 0.1) is 5.82 Å². The van der Waals surface area contributed by atoms with Gasteiger partial charge in [-0.2, -0.15) is 0 Å². The first kappa shape index (κ1) is 17.9. The molecule has 1 amide bonds. The van der Waals surface area contributed by atoms with Gasteiger partial charge in [-0.1, -0.05) is 12.1 Å². The van der Waals surface area contributed by atoms with E-state index < -0.39 is 23.8 Å². The van der Waals surface area contributed by atoms with Crippen molar-refractivity contribution in [3.8, 4) is 5.75 Å². The third-order valence-corrected chi connectivity index (χ3v) is 3.78. The Balaban J connectivity index is 2.06. The van der Waals surface area contributed by atoms with Gasteiger partial charge in [0.1, 0.15) is 11.6 Å². The smallest absolute Gasteiger partial charge is 0.337 e. The second kappa shape index (κ2) is 7.92. The van der Waals surface area contributed by atoms with Crippen molar-refractivity contribution in [1.82, 2.24) is 0 Å². The lowest BCUT2D eigenvalue weighted by Gasteiger charge is -2.16. The first-order valence-electron chi connectivity index (χ1n) is 7.02. The van der Waals surface area contributed by atoms with E-state index in [9.17, 15) is 14.0 Å². The molecule has 0 saturated carbocycles. The molecule has 5 nitrogen and oxygen atoms in total. The number of esters is 1. The summed E-state index contributed by atoms with van der Waals surface area (Å²) in [6, 6.07) is 10.5. The van der Waals surface area contributed by atoms with E-state index >= 15 is 0 Å². The van der Waals surface area contributed by atoms with E-state index in [4.69, 9.17) is 4.74 Å². The van der Waals surface area contributed by atoms with Gasteiger partial charge in [0.15, 0.2) is 6.10 Å². The van der Waals surface area contributed by atoms with Gasteiger partial charge in [0, 0.05) is 0 Å². The molecule has 0 heterocycles. The van der Waals surface area contributed by atoms with Crippen LogP contribution in [0.3, 0.4) is 0 Å². The summed E-state index contributed by atoms with van der Waals surface area (Å²) in [5, 5.41) is 2.46. The number of halogens is 2. The molecule has 7 heteroatoms. The Hall–Kier alpha value is -2.41. The number of hydrogen-bond donors (Lipinski definition) is 1. The Morgan fingerprint density at radius 1 is 1.21 bits per heavy atom. The van der Waals surface area contributed by atoms with Crippen LogP contribution in [0.25, 0.3) is 0 Å². The molecule has 0 saturated heterocycles. The maximum absolute atomic E-state index is 13.6. The van der Waals surface area contributed by atoms with Crippen LogP contribution in [0.1, 0.15) is 17.3 Å². The molecule has 0 aliphatic heterocycles. The van der Waals surface area contributed by atoms with E-state index in [2.05, 4.69) is 26.0 Å². The van der Waals surface area contributed by atoms with Crippen molar-refractivity contribution in [2.75, 3.05) is 12.4 Å². The normalized spacial score (nSPS) is 11.5. The molecule has 1 unspecified atom stereocenters. The number of carbonyl (C=O) groups excluding carboxylic acids is 2. The van der Waals surface area contributed by atoms with Crippen LogP contribution < -0.4 is 10.1 Å². The molecule has 126 valence electrons. The van der Waals surface area contributed by atoms with E-state index in [1.807, 2.05) is 0 Å². The number of carbonyl (C=O) groups is 2. The monoisotopic (exact) mass is 395 g/mol. The van der Waals surface area contributed by atoms with Gasteiger partial charge >= 0.3 is 5.97 Å². The summed E-state index contributed by atoms with van der Waals surface area (Å²) in [6.45, 7) is 1.54. The number of ether oxygens (including phenoxy) is 2. The zero-order valence-electron chi connectivity index (χ0n) is 13.0. The second-order valence-corrected chi connectivity index (χ2v) is 5.72. The number of para-hydroxylation sites is 1. The second-order valence-electron chi connectivity index (χ2n) is 4.87. The summed E-state index contributed by atoms with van der Waals surface area (Å²) in [6.07, 6.45) is -0.870. The lowest BCUT2D eigenvalue weighted by atomic mass is 10.2. The third kappa shape index (κ3) is 4.32. The van der Waals surface area contributed by atoms with Crippen LogP contribution >= 0.6 is 15.9 Å². The predicted molar refractivity (Wildman–Crippen MR) is 90.6 cm³/mol. The van der Waals surface area contributed by atoms with Gasteiger partial charge in [-0.05, 0) is 53.2 Å². The van der Waals surface area contributed by atoms with E-state index in [-0.39, 0.29) is 5.69 Å². The van der Waals surface area contributed by atoms with Crippen molar-refractivity contribution in [2.45, 2.75) is 13.0 Å². The fourth-order valence-electron chi connectivity index (χ4n) is 1.88. The average molecular weight is 396 g/mol. The highest BCUT2D eigenvalue weighted by Crippen LogP contribution is 2.27. The Bertz CT molecular complexity index is 766. The zero-order valence-corrected chi connectivity index (χ0v) is 14.6. The first-order valence-corrected chi connectivity index (χ1v) is 7.81. The third-order valence-electron chi connectivity index (χ3n) is 3.16. The maximum atomic E-state index is 13.6. The summed E-state index contributed by atoms with van der Waals surface area (Å²) < 4.78 is 24.2. The molecule has 1 N–H and O–H groups in total. The minimum Gasteiger partial charge on any atom is -0.480 e. The van der Waals surface area contributed by atoms with Gasteiger partial charge in [-0.3, -0.25) is 4.79 Å². The Morgan fingerprint density at radius 2 is 1.92 bits per heavy atom. The molecule has 24 heavy (non-hydrogen) atoms. The Labute approximate surface area is 146 Å². The van der Waals surface area contributed by atoms with Crippen molar-refractivity contribution in [1.29, 1.82) is 0 Å². The standard InChI is InChI=1S/C17H15BrFNO4/c1-10(16(21)20-14-6-4-3-5-13(14)19)24-15-8-7-11(9-12(15)18)17(22)23-2/h3-10H,1-2H3,(H,20,21).